The van der Waals surface area contributed by atoms with Gasteiger partial charge in [0.05, 0.1) is 0 Å². The molecule has 0 aliphatic rings. The zero-order valence-electron chi connectivity index (χ0n) is 8.41. The predicted octanol–water partition coefficient (Wildman–Crippen LogP) is 2.58. The minimum absolute atomic E-state index is 0. The average Bonchev–Trinajstić information content (AvgIpc) is 1.92. The van der Waals surface area contributed by atoms with Gasteiger partial charge in [0.15, 0.2) is 0 Å². The third kappa shape index (κ3) is 1380. The molecule has 0 bridgehead atoms. The molecule has 4 nitrogen and oxygen atoms in total. The van der Waals surface area contributed by atoms with E-state index in [-0.39, 0.29) is 16.5 Å². The van der Waals surface area contributed by atoms with Crippen molar-refractivity contribution < 1.29 is 16.5 Å². The standard InChI is InChI=1S/4C2H4N.Ni/c4*1-2-3;/h4*2H,1H3;/q4*-1;. The molecular weight excluding hydrogens is 211 g/mol. The van der Waals surface area contributed by atoms with E-state index in [1.54, 1.807) is 27.7 Å². The SMILES string of the molecule is CC=[N-].CC=[N-].CC=[N-].CC=[N-].[Ni]. The Kier molecular flexibility index (Phi) is 261. The van der Waals surface area contributed by atoms with E-state index in [0.29, 0.717) is 0 Å². The first kappa shape index (κ1) is 29.5. The van der Waals surface area contributed by atoms with Crippen molar-refractivity contribution in [1.82, 2.24) is 0 Å². The van der Waals surface area contributed by atoms with Crippen molar-refractivity contribution in [2.24, 2.45) is 0 Å². The number of hydrogen-bond acceptors (Lipinski definition) is 0. The largest absolute Gasteiger partial charge is 0.814 e. The number of rotatable bonds is 0. The molecule has 0 aliphatic carbocycles. The van der Waals surface area contributed by atoms with Crippen LogP contribution in [0.15, 0.2) is 0 Å². The Bertz CT molecular complexity index is 70.1. The van der Waals surface area contributed by atoms with E-state index in [2.05, 4.69) is 0 Å². The number of nitrogens with zero attached hydrogens (tertiary/aromatic N) is 4. The Hall–Kier alpha value is -0.826. The molecule has 0 aliphatic heterocycles. The Morgan fingerprint density at radius 3 is 0.538 bits per heavy atom. The van der Waals surface area contributed by atoms with Gasteiger partial charge in [-0.2, -0.15) is 0 Å². The van der Waals surface area contributed by atoms with E-state index in [4.69, 9.17) is 21.6 Å². The molecule has 5 heteroatoms. The monoisotopic (exact) mass is 226 g/mol. The van der Waals surface area contributed by atoms with Crippen LogP contribution in [0.2, 0.25) is 0 Å². The van der Waals surface area contributed by atoms with Gasteiger partial charge >= 0.3 is 0 Å². The van der Waals surface area contributed by atoms with Crippen LogP contribution in [0.4, 0.5) is 0 Å². The Balaban J connectivity index is -0.0000000213. The molecule has 0 aromatic carbocycles. The smallest absolute Gasteiger partial charge is 0 e. The van der Waals surface area contributed by atoms with Crippen LogP contribution >= 0.6 is 0 Å². The zero-order chi connectivity index (χ0) is 10.8. The zero-order valence-corrected chi connectivity index (χ0v) is 9.40. The summed E-state index contributed by atoms with van der Waals surface area (Å²) < 4.78 is 0. The van der Waals surface area contributed by atoms with Gasteiger partial charge in [-0.15, -0.1) is 0 Å². The van der Waals surface area contributed by atoms with Gasteiger partial charge in [-0.1, -0.05) is 27.7 Å². The Labute approximate surface area is 91.1 Å². The molecule has 0 spiro atoms. The van der Waals surface area contributed by atoms with Gasteiger partial charge in [-0.05, 0) is 0 Å². The fourth-order valence-electron chi connectivity index (χ4n) is 0. The fourth-order valence-corrected chi connectivity index (χ4v) is 0. The van der Waals surface area contributed by atoms with E-state index in [1.807, 2.05) is 0 Å². The van der Waals surface area contributed by atoms with Crippen LogP contribution in [0.25, 0.3) is 21.6 Å². The summed E-state index contributed by atoms with van der Waals surface area (Å²) >= 11 is 0. The van der Waals surface area contributed by atoms with Crippen LogP contribution in [-0.2, 0) is 16.5 Å². The van der Waals surface area contributed by atoms with Gasteiger partial charge in [-0.25, -0.2) is 24.9 Å². The summed E-state index contributed by atoms with van der Waals surface area (Å²) in [7, 11) is 0. The van der Waals surface area contributed by atoms with E-state index < -0.39 is 0 Å². The molecule has 0 fully saturated rings. The van der Waals surface area contributed by atoms with E-state index in [1.165, 1.54) is 0 Å². The molecule has 13 heavy (non-hydrogen) atoms. The summed E-state index contributed by atoms with van der Waals surface area (Å²) in [4.78, 5) is 0. The van der Waals surface area contributed by atoms with E-state index in [0.717, 1.165) is 24.9 Å². The van der Waals surface area contributed by atoms with Crippen LogP contribution in [-0.4, -0.2) is 24.9 Å². The van der Waals surface area contributed by atoms with Crippen molar-refractivity contribution in [3.8, 4) is 0 Å². The normalized spacial score (nSPS) is 4.00. The van der Waals surface area contributed by atoms with E-state index in [9.17, 15) is 0 Å². The Morgan fingerprint density at radius 1 is 0.538 bits per heavy atom. The maximum atomic E-state index is 7.44. The number of hydrogen-bond donors (Lipinski definition) is 0. The van der Waals surface area contributed by atoms with Crippen molar-refractivity contribution in [3.05, 3.63) is 21.6 Å². The van der Waals surface area contributed by atoms with Crippen molar-refractivity contribution in [3.63, 3.8) is 0 Å². The van der Waals surface area contributed by atoms with Crippen molar-refractivity contribution in [1.29, 1.82) is 0 Å². The van der Waals surface area contributed by atoms with Crippen molar-refractivity contribution >= 4 is 24.9 Å². The van der Waals surface area contributed by atoms with Gasteiger partial charge in [0.2, 0.25) is 0 Å². The van der Waals surface area contributed by atoms with E-state index >= 15 is 0 Å². The molecule has 0 rings (SSSR count). The molecule has 0 radical (unpaired) electrons. The van der Waals surface area contributed by atoms with Crippen molar-refractivity contribution in [2.75, 3.05) is 0 Å². The first-order valence-corrected chi connectivity index (χ1v) is 3.34. The molecule has 0 saturated heterocycles. The second-order valence-electron chi connectivity index (χ2n) is 1.03. The summed E-state index contributed by atoms with van der Waals surface area (Å²) in [6, 6.07) is 0. The summed E-state index contributed by atoms with van der Waals surface area (Å²) in [5.41, 5.74) is 0. The molecule has 0 aromatic heterocycles. The van der Waals surface area contributed by atoms with Crippen LogP contribution in [0.5, 0.6) is 0 Å². The van der Waals surface area contributed by atoms with Crippen molar-refractivity contribution in [2.45, 2.75) is 27.7 Å². The van der Waals surface area contributed by atoms with Crippen LogP contribution in [0, 0.1) is 0 Å². The fraction of sp³-hybridized carbons (Fsp3) is 0.500. The van der Waals surface area contributed by atoms with Crippen LogP contribution in [0.3, 0.4) is 0 Å². The summed E-state index contributed by atoms with van der Waals surface area (Å²) in [5.74, 6) is 0. The topological polar surface area (TPSA) is 89.2 Å². The van der Waals surface area contributed by atoms with Crippen LogP contribution in [0.1, 0.15) is 27.7 Å². The first-order valence-electron chi connectivity index (χ1n) is 3.34. The maximum Gasteiger partial charge on any atom is 0 e. The minimum Gasteiger partial charge on any atom is -0.814 e. The van der Waals surface area contributed by atoms with Gasteiger partial charge < -0.3 is 21.6 Å². The second-order valence-corrected chi connectivity index (χ2v) is 1.03. The molecule has 82 valence electrons. The summed E-state index contributed by atoms with van der Waals surface area (Å²) in [6.45, 7) is 6.22. The average molecular weight is 227 g/mol. The molecule has 0 saturated carbocycles. The maximum absolute atomic E-state index is 7.44. The molecule has 0 aromatic rings. The molecule has 0 amide bonds. The first-order chi connectivity index (χ1) is 5.66. The molecule has 0 heterocycles. The Morgan fingerprint density at radius 2 is 0.538 bits per heavy atom. The van der Waals surface area contributed by atoms with Gasteiger partial charge in [0.1, 0.15) is 0 Å². The third-order valence-electron chi connectivity index (χ3n) is 0. The summed E-state index contributed by atoms with van der Waals surface area (Å²) in [6.07, 6.45) is 4.00. The minimum atomic E-state index is 0. The second kappa shape index (κ2) is 115. The summed E-state index contributed by atoms with van der Waals surface area (Å²) in [5, 5.41) is 29.8. The third-order valence-corrected chi connectivity index (χ3v) is 0. The van der Waals surface area contributed by atoms with Crippen LogP contribution < -0.4 is 0 Å². The molecule has 0 atom stereocenters. The predicted molar refractivity (Wildman–Crippen MR) is 60.4 cm³/mol. The molecule has 0 N–H and O–H groups in total. The quantitative estimate of drug-likeness (QED) is 0.449. The van der Waals surface area contributed by atoms with Gasteiger partial charge in [0, 0.05) is 16.5 Å². The van der Waals surface area contributed by atoms with Gasteiger partial charge in [0.25, 0.3) is 0 Å². The molecular formula is C8H16N4Ni-4. The van der Waals surface area contributed by atoms with Gasteiger partial charge in [-0.3, -0.25) is 0 Å². The molecule has 0 unspecified atom stereocenters.